The molecular weight excluding hydrogens is 266 g/mol. The van der Waals surface area contributed by atoms with Gasteiger partial charge in [-0.05, 0) is 19.1 Å². The summed E-state index contributed by atoms with van der Waals surface area (Å²) >= 11 is 0. The van der Waals surface area contributed by atoms with Crippen LogP contribution < -0.4 is 16.0 Å². The van der Waals surface area contributed by atoms with Gasteiger partial charge < -0.3 is 20.7 Å². The molecule has 0 atom stereocenters. The summed E-state index contributed by atoms with van der Waals surface area (Å²) in [6, 6.07) is 6.27. The molecule has 0 radical (unpaired) electrons. The predicted octanol–water partition coefficient (Wildman–Crippen LogP) is 1.15. The van der Waals surface area contributed by atoms with Crippen LogP contribution in [-0.2, 0) is 4.74 Å². The number of ether oxygens (including phenoxy) is 1. The van der Waals surface area contributed by atoms with Gasteiger partial charge in [-0.2, -0.15) is 4.98 Å². The summed E-state index contributed by atoms with van der Waals surface area (Å²) in [7, 11) is 0. The number of fused-ring (bicyclic) bond motifs is 1. The van der Waals surface area contributed by atoms with Gasteiger partial charge in [0.05, 0.1) is 18.7 Å². The van der Waals surface area contributed by atoms with Crippen LogP contribution in [0.1, 0.15) is 5.56 Å². The molecule has 1 fully saturated rings. The molecule has 1 aromatic heterocycles. The van der Waals surface area contributed by atoms with Crippen molar-refractivity contribution in [3.63, 3.8) is 0 Å². The lowest BCUT2D eigenvalue weighted by Gasteiger charge is -2.29. The van der Waals surface area contributed by atoms with Gasteiger partial charge in [0.25, 0.3) is 0 Å². The van der Waals surface area contributed by atoms with E-state index in [4.69, 9.17) is 15.5 Å². The van der Waals surface area contributed by atoms with E-state index in [9.17, 15) is 0 Å². The molecule has 1 aliphatic rings. The number of hydrogen-bond acceptors (Lipinski definition) is 6. The van der Waals surface area contributed by atoms with E-state index in [1.54, 1.807) is 0 Å². The van der Waals surface area contributed by atoms with Crippen LogP contribution in [0.4, 0.5) is 11.8 Å². The Morgan fingerprint density at radius 3 is 2.86 bits per heavy atom. The zero-order valence-electron chi connectivity index (χ0n) is 12.3. The maximum absolute atomic E-state index is 5.54. The maximum Gasteiger partial charge on any atom is 0.225 e. The van der Waals surface area contributed by atoms with Gasteiger partial charge in [0.15, 0.2) is 0 Å². The quantitative estimate of drug-likeness (QED) is 0.878. The molecule has 1 saturated heterocycles. The zero-order valence-corrected chi connectivity index (χ0v) is 12.3. The lowest BCUT2D eigenvalue weighted by atomic mass is 10.1. The Morgan fingerprint density at radius 1 is 1.29 bits per heavy atom. The highest BCUT2D eigenvalue weighted by Gasteiger charge is 2.17. The summed E-state index contributed by atoms with van der Waals surface area (Å²) in [4.78, 5) is 11.5. The van der Waals surface area contributed by atoms with E-state index in [0.717, 1.165) is 43.0 Å². The number of morpholine rings is 1. The maximum atomic E-state index is 5.54. The largest absolute Gasteiger partial charge is 0.378 e. The van der Waals surface area contributed by atoms with Crippen molar-refractivity contribution in [2.75, 3.05) is 49.6 Å². The second-order valence-corrected chi connectivity index (χ2v) is 5.21. The summed E-state index contributed by atoms with van der Waals surface area (Å²) in [6.45, 7) is 6.50. The SMILES string of the molecule is Cc1ccc2nc(NCCN)nc(N3CCOCC3)c2c1. The van der Waals surface area contributed by atoms with E-state index in [2.05, 4.69) is 34.3 Å². The van der Waals surface area contributed by atoms with Crippen LogP contribution in [0.3, 0.4) is 0 Å². The summed E-state index contributed by atoms with van der Waals surface area (Å²) < 4.78 is 5.43. The summed E-state index contributed by atoms with van der Waals surface area (Å²) in [6.07, 6.45) is 0. The van der Waals surface area contributed by atoms with E-state index in [1.165, 1.54) is 5.56 Å². The number of hydrogen-bond donors (Lipinski definition) is 2. The molecule has 2 heterocycles. The van der Waals surface area contributed by atoms with Crippen molar-refractivity contribution in [2.45, 2.75) is 6.92 Å². The van der Waals surface area contributed by atoms with Crippen LogP contribution in [-0.4, -0.2) is 49.4 Å². The van der Waals surface area contributed by atoms with Crippen molar-refractivity contribution in [2.24, 2.45) is 5.73 Å². The molecule has 0 spiro atoms. The van der Waals surface area contributed by atoms with Gasteiger partial charge in [0.1, 0.15) is 5.82 Å². The first-order valence-electron chi connectivity index (χ1n) is 7.33. The van der Waals surface area contributed by atoms with Crippen molar-refractivity contribution in [1.82, 2.24) is 9.97 Å². The topological polar surface area (TPSA) is 76.3 Å². The first kappa shape index (κ1) is 14.0. The third-order valence-corrected chi connectivity index (χ3v) is 3.57. The smallest absolute Gasteiger partial charge is 0.225 e. The normalized spacial score (nSPS) is 15.4. The number of nitrogens with zero attached hydrogens (tertiary/aromatic N) is 3. The number of anilines is 2. The molecule has 2 aromatic rings. The van der Waals surface area contributed by atoms with E-state index in [1.807, 2.05) is 6.07 Å². The average Bonchev–Trinajstić information content (AvgIpc) is 2.53. The highest BCUT2D eigenvalue weighted by atomic mass is 16.5. The minimum atomic E-state index is 0.558. The van der Waals surface area contributed by atoms with E-state index in [0.29, 0.717) is 19.0 Å². The van der Waals surface area contributed by atoms with Crippen molar-refractivity contribution in [3.8, 4) is 0 Å². The highest BCUT2D eigenvalue weighted by Crippen LogP contribution is 2.27. The predicted molar refractivity (Wildman–Crippen MR) is 84.9 cm³/mol. The minimum Gasteiger partial charge on any atom is -0.378 e. The average molecular weight is 287 g/mol. The Bertz CT molecular complexity index is 625. The minimum absolute atomic E-state index is 0.558. The number of nitrogens with two attached hydrogens (primary N) is 1. The number of rotatable bonds is 4. The molecule has 1 aliphatic heterocycles. The Morgan fingerprint density at radius 2 is 2.10 bits per heavy atom. The molecule has 6 heteroatoms. The number of benzene rings is 1. The molecule has 1 aromatic carbocycles. The Kier molecular flexibility index (Phi) is 4.17. The van der Waals surface area contributed by atoms with Crippen LogP contribution >= 0.6 is 0 Å². The van der Waals surface area contributed by atoms with Crippen LogP contribution in [0.15, 0.2) is 18.2 Å². The van der Waals surface area contributed by atoms with Crippen LogP contribution in [0.2, 0.25) is 0 Å². The molecular formula is C15H21N5O. The van der Waals surface area contributed by atoms with Gasteiger partial charge in [-0.25, -0.2) is 4.98 Å². The zero-order chi connectivity index (χ0) is 14.7. The fourth-order valence-electron chi connectivity index (χ4n) is 2.51. The summed E-state index contributed by atoms with van der Waals surface area (Å²) in [5.41, 5.74) is 7.71. The molecule has 21 heavy (non-hydrogen) atoms. The molecule has 0 saturated carbocycles. The van der Waals surface area contributed by atoms with E-state index in [-0.39, 0.29) is 0 Å². The third-order valence-electron chi connectivity index (χ3n) is 3.57. The van der Waals surface area contributed by atoms with Gasteiger partial charge in [-0.15, -0.1) is 0 Å². The number of nitrogens with one attached hydrogen (secondary N) is 1. The molecule has 112 valence electrons. The van der Waals surface area contributed by atoms with Gasteiger partial charge in [-0.3, -0.25) is 0 Å². The standard InChI is InChI=1S/C15H21N5O/c1-11-2-3-13-12(10-11)14(20-6-8-21-9-7-20)19-15(18-13)17-5-4-16/h2-3,10H,4-9,16H2,1H3,(H,17,18,19). The Labute approximate surface area is 124 Å². The Hall–Kier alpha value is -1.92. The highest BCUT2D eigenvalue weighted by molar-refractivity contribution is 5.91. The lowest BCUT2D eigenvalue weighted by Crippen LogP contribution is -2.37. The summed E-state index contributed by atoms with van der Waals surface area (Å²) in [5, 5.41) is 4.27. The van der Waals surface area contributed by atoms with E-state index < -0.39 is 0 Å². The molecule has 0 amide bonds. The van der Waals surface area contributed by atoms with Gasteiger partial charge in [0, 0.05) is 31.6 Å². The van der Waals surface area contributed by atoms with Gasteiger partial charge in [-0.1, -0.05) is 11.6 Å². The molecule has 6 nitrogen and oxygen atoms in total. The monoisotopic (exact) mass is 287 g/mol. The lowest BCUT2D eigenvalue weighted by molar-refractivity contribution is 0.122. The second kappa shape index (κ2) is 6.24. The van der Waals surface area contributed by atoms with Crippen molar-refractivity contribution in [1.29, 1.82) is 0 Å². The summed E-state index contributed by atoms with van der Waals surface area (Å²) in [5.74, 6) is 1.62. The number of aromatic nitrogens is 2. The Balaban J connectivity index is 2.06. The van der Waals surface area contributed by atoms with Crippen LogP contribution in [0, 0.1) is 6.92 Å². The first-order valence-corrected chi connectivity index (χ1v) is 7.33. The number of aryl methyl sites for hydroxylation is 1. The van der Waals surface area contributed by atoms with Crippen molar-refractivity contribution >= 4 is 22.7 Å². The first-order chi connectivity index (χ1) is 10.3. The molecule has 0 unspecified atom stereocenters. The van der Waals surface area contributed by atoms with E-state index >= 15 is 0 Å². The molecule has 0 bridgehead atoms. The molecule has 0 aliphatic carbocycles. The van der Waals surface area contributed by atoms with Crippen molar-refractivity contribution < 1.29 is 4.74 Å². The fourth-order valence-corrected chi connectivity index (χ4v) is 2.51. The fraction of sp³-hybridized carbons (Fsp3) is 0.467. The van der Waals surface area contributed by atoms with Crippen molar-refractivity contribution in [3.05, 3.63) is 23.8 Å². The van der Waals surface area contributed by atoms with Crippen LogP contribution in [0.25, 0.3) is 10.9 Å². The third kappa shape index (κ3) is 3.06. The molecule has 3 N–H and O–H groups in total. The molecule has 3 rings (SSSR count). The van der Waals surface area contributed by atoms with Gasteiger partial charge in [0.2, 0.25) is 5.95 Å². The second-order valence-electron chi connectivity index (χ2n) is 5.21. The van der Waals surface area contributed by atoms with Gasteiger partial charge >= 0.3 is 0 Å². The van der Waals surface area contributed by atoms with Crippen LogP contribution in [0.5, 0.6) is 0 Å².